The quantitative estimate of drug-likeness (QED) is 0.597. The molecular formula is C24H21N3O4S. The third kappa shape index (κ3) is 2.94. The van der Waals surface area contributed by atoms with Gasteiger partial charge in [0.15, 0.2) is 11.4 Å². The molecule has 3 aromatic rings. The van der Waals surface area contributed by atoms with Gasteiger partial charge < -0.3 is 20.2 Å². The Morgan fingerprint density at radius 2 is 1.91 bits per heavy atom. The number of thioether (sulfide) groups is 1. The van der Waals surface area contributed by atoms with Gasteiger partial charge in [0.1, 0.15) is 12.3 Å². The van der Waals surface area contributed by atoms with Crippen LogP contribution in [0, 0.1) is 0 Å². The van der Waals surface area contributed by atoms with E-state index in [9.17, 15) is 14.7 Å². The molecule has 0 bridgehead atoms. The first-order valence-corrected chi connectivity index (χ1v) is 11.6. The molecule has 1 amide bonds. The van der Waals surface area contributed by atoms with Crippen molar-refractivity contribution in [2.24, 2.45) is 0 Å². The number of hydrogen-bond donors (Lipinski definition) is 2. The Morgan fingerprint density at radius 3 is 2.78 bits per heavy atom. The summed E-state index contributed by atoms with van der Waals surface area (Å²) in [4.78, 5) is 28.0. The molecule has 6 rings (SSSR count). The van der Waals surface area contributed by atoms with Gasteiger partial charge in [0.2, 0.25) is 5.43 Å². The number of aromatic nitrogens is 1. The lowest BCUT2D eigenvalue weighted by Gasteiger charge is -2.46. The number of nitrogens with one attached hydrogen (secondary N) is 1. The van der Waals surface area contributed by atoms with Crippen molar-refractivity contribution in [1.82, 2.24) is 9.58 Å². The molecule has 1 saturated heterocycles. The Hall–Kier alpha value is -3.23. The molecule has 0 radical (unpaired) electrons. The fourth-order valence-corrected chi connectivity index (χ4v) is 5.94. The second kappa shape index (κ2) is 7.43. The minimum absolute atomic E-state index is 0.0363. The minimum Gasteiger partial charge on any atom is -0.502 e. The van der Waals surface area contributed by atoms with Gasteiger partial charge in [-0.15, -0.1) is 11.8 Å². The standard InChI is InChI=1S/C24H21N3O4S/c28-18-8-9-27-20(21(18)29)24(30)26-10-11-31-22(23(26)25-27)16-6-3-7-19-17(16)12-14-4-1-2-5-15(14)13-32-19/h1-9,22-23,25,29H,10-13H2/t22-,23-/m0/s1. The number of rotatable bonds is 1. The number of ether oxygens (including phenoxy) is 1. The van der Waals surface area contributed by atoms with E-state index in [4.69, 9.17) is 4.74 Å². The fourth-order valence-electron chi connectivity index (χ4n) is 4.80. The molecule has 1 aromatic heterocycles. The average molecular weight is 448 g/mol. The van der Waals surface area contributed by atoms with Crippen LogP contribution in [0.25, 0.3) is 0 Å². The van der Waals surface area contributed by atoms with Crippen LogP contribution in [0.3, 0.4) is 0 Å². The summed E-state index contributed by atoms with van der Waals surface area (Å²) in [6.45, 7) is 0.752. The van der Waals surface area contributed by atoms with E-state index in [0.717, 1.165) is 17.7 Å². The highest BCUT2D eigenvalue weighted by Gasteiger charge is 2.43. The van der Waals surface area contributed by atoms with Crippen molar-refractivity contribution in [3.8, 4) is 5.75 Å². The maximum absolute atomic E-state index is 13.2. The zero-order valence-electron chi connectivity index (χ0n) is 17.2. The third-order valence-electron chi connectivity index (χ3n) is 6.41. The molecule has 3 aliphatic heterocycles. The lowest BCUT2D eigenvalue weighted by molar-refractivity contribution is -0.0604. The number of carbonyl (C=O) groups excluding carboxylic acids is 1. The van der Waals surface area contributed by atoms with Crippen LogP contribution in [-0.4, -0.2) is 39.9 Å². The summed E-state index contributed by atoms with van der Waals surface area (Å²) in [7, 11) is 0. The molecule has 7 nitrogen and oxygen atoms in total. The number of benzene rings is 2. The second-order valence-corrected chi connectivity index (χ2v) is 9.19. The number of carbonyl (C=O) groups is 1. The van der Waals surface area contributed by atoms with E-state index in [1.165, 1.54) is 38.5 Å². The Bertz CT molecular complexity index is 1300. The van der Waals surface area contributed by atoms with Gasteiger partial charge in [0.05, 0.1) is 6.61 Å². The van der Waals surface area contributed by atoms with E-state index in [-0.39, 0.29) is 17.7 Å². The number of aromatic hydroxyl groups is 1. The molecule has 2 atom stereocenters. The fraction of sp³-hybridized carbons (Fsp3) is 0.250. The van der Waals surface area contributed by atoms with Crippen LogP contribution in [0.1, 0.15) is 38.8 Å². The third-order valence-corrected chi connectivity index (χ3v) is 7.55. The van der Waals surface area contributed by atoms with E-state index in [2.05, 4.69) is 41.8 Å². The Morgan fingerprint density at radius 1 is 1.06 bits per heavy atom. The molecule has 4 heterocycles. The monoisotopic (exact) mass is 447 g/mol. The number of morpholine rings is 1. The van der Waals surface area contributed by atoms with Crippen LogP contribution in [0.2, 0.25) is 0 Å². The van der Waals surface area contributed by atoms with Crippen molar-refractivity contribution >= 4 is 17.7 Å². The lowest BCUT2D eigenvalue weighted by Crippen LogP contribution is -2.60. The van der Waals surface area contributed by atoms with Gasteiger partial charge in [-0.2, -0.15) is 0 Å². The molecule has 0 aliphatic carbocycles. The molecule has 1 fully saturated rings. The van der Waals surface area contributed by atoms with Gasteiger partial charge in [0.25, 0.3) is 5.91 Å². The number of nitrogens with zero attached hydrogens (tertiary/aromatic N) is 2. The largest absolute Gasteiger partial charge is 0.502 e. The topological polar surface area (TPSA) is 83.8 Å². The van der Waals surface area contributed by atoms with E-state index in [0.29, 0.717) is 13.2 Å². The summed E-state index contributed by atoms with van der Waals surface area (Å²) in [6.07, 6.45) is 1.44. The minimum atomic E-state index is -0.571. The lowest BCUT2D eigenvalue weighted by atomic mass is 9.92. The van der Waals surface area contributed by atoms with E-state index < -0.39 is 17.3 Å². The predicted molar refractivity (Wildman–Crippen MR) is 120 cm³/mol. The van der Waals surface area contributed by atoms with Crippen molar-refractivity contribution in [2.75, 3.05) is 18.6 Å². The predicted octanol–water partition coefficient (Wildman–Crippen LogP) is 2.85. The summed E-state index contributed by atoms with van der Waals surface area (Å²) in [5.41, 5.74) is 7.59. The molecule has 0 spiro atoms. The van der Waals surface area contributed by atoms with Gasteiger partial charge in [-0.1, -0.05) is 36.4 Å². The zero-order valence-corrected chi connectivity index (χ0v) is 18.0. The first-order chi connectivity index (χ1) is 15.6. The number of pyridine rings is 1. The Balaban J connectivity index is 1.44. The van der Waals surface area contributed by atoms with Crippen LogP contribution in [0.5, 0.6) is 5.75 Å². The van der Waals surface area contributed by atoms with Crippen molar-refractivity contribution in [3.05, 3.63) is 92.9 Å². The average Bonchev–Trinajstić information content (AvgIpc) is 3.01. The maximum atomic E-state index is 13.2. The highest BCUT2D eigenvalue weighted by atomic mass is 32.2. The Labute approximate surface area is 188 Å². The van der Waals surface area contributed by atoms with Gasteiger partial charge in [-0.25, -0.2) is 0 Å². The van der Waals surface area contributed by atoms with Crippen LogP contribution < -0.4 is 10.9 Å². The van der Waals surface area contributed by atoms with Crippen LogP contribution in [0.15, 0.2) is 64.4 Å². The molecular weight excluding hydrogens is 426 g/mol. The van der Waals surface area contributed by atoms with E-state index >= 15 is 0 Å². The summed E-state index contributed by atoms with van der Waals surface area (Å²) in [5, 5.41) is 10.2. The summed E-state index contributed by atoms with van der Waals surface area (Å²) >= 11 is 1.82. The van der Waals surface area contributed by atoms with Gasteiger partial charge in [-0.3, -0.25) is 14.3 Å². The normalized spacial score (nSPS) is 21.5. The molecule has 32 heavy (non-hydrogen) atoms. The summed E-state index contributed by atoms with van der Waals surface area (Å²) in [5.74, 6) is 0.0110. The highest BCUT2D eigenvalue weighted by Crippen LogP contribution is 2.40. The number of fused-ring (bicyclic) bond motifs is 4. The van der Waals surface area contributed by atoms with E-state index in [1.807, 2.05) is 17.8 Å². The first kappa shape index (κ1) is 19.5. The SMILES string of the molecule is O=C1c2c(O)c(=O)ccn2N[C@@H]2[C@H](c3cccc4c3Cc3ccccc3CS4)OCCN12. The van der Waals surface area contributed by atoms with Gasteiger partial charge >= 0.3 is 0 Å². The van der Waals surface area contributed by atoms with Crippen molar-refractivity contribution in [3.63, 3.8) is 0 Å². The van der Waals surface area contributed by atoms with Crippen LogP contribution in [0.4, 0.5) is 0 Å². The molecule has 2 aromatic carbocycles. The molecule has 3 aliphatic rings. The van der Waals surface area contributed by atoms with Crippen molar-refractivity contribution in [2.45, 2.75) is 29.3 Å². The highest BCUT2D eigenvalue weighted by molar-refractivity contribution is 7.98. The van der Waals surface area contributed by atoms with Gasteiger partial charge in [0, 0.05) is 29.5 Å². The first-order valence-electron chi connectivity index (χ1n) is 10.6. The van der Waals surface area contributed by atoms with Gasteiger partial charge in [-0.05, 0) is 34.7 Å². The maximum Gasteiger partial charge on any atom is 0.278 e. The van der Waals surface area contributed by atoms with Crippen LogP contribution >= 0.6 is 11.8 Å². The smallest absolute Gasteiger partial charge is 0.278 e. The molecule has 2 N–H and O–H groups in total. The van der Waals surface area contributed by atoms with Crippen molar-refractivity contribution < 1.29 is 14.6 Å². The second-order valence-electron chi connectivity index (χ2n) is 8.17. The number of amides is 1. The zero-order chi connectivity index (χ0) is 21.8. The molecule has 8 heteroatoms. The molecule has 162 valence electrons. The van der Waals surface area contributed by atoms with E-state index in [1.54, 1.807) is 4.90 Å². The summed E-state index contributed by atoms with van der Waals surface area (Å²) < 4.78 is 7.68. The molecule has 0 unspecified atom stereocenters. The van der Waals surface area contributed by atoms with Crippen LogP contribution in [-0.2, 0) is 16.9 Å². The Kier molecular flexibility index (Phi) is 4.51. The summed E-state index contributed by atoms with van der Waals surface area (Å²) in [6, 6.07) is 16.0. The number of hydrogen-bond acceptors (Lipinski definition) is 6. The van der Waals surface area contributed by atoms with Crippen molar-refractivity contribution in [1.29, 1.82) is 0 Å². The molecule has 0 saturated carbocycles.